The number of H-pyrrole nitrogens is 1. The summed E-state index contributed by atoms with van der Waals surface area (Å²) in [5.41, 5.74) is 1.31. The third-order valence-electron chi connectivity index (χ3n) is 6.02. The minimum absolute atomic E-state index is 0.0604. The van der Waals surface area contributed by atoms with Crippen LogP contribution in [0.5, 0.6) is 0 Å². The molecule has 0 spiro atoms. The molecule has 1 aliphatic carbocycles. The van der Waals surface area contributed by atoms with Crippen molar-refractivity contribution in [3.8, 4) is 0 Å². The molecule has 6 heteroatoms. The molecule has 3 atom stereocenters. The fraction of sp³-hybridized carbons (Fsp3) is 0.636. The lowest BCUT2D eigenvalue weighted by Gasteiger charge is -2.24. The number of aromatic nitrogens is 4. The molecule has 0 bridgehead atoms. The maximum absolute atomic E-state index is 12.3. The van der Waals surface area contributed by atoms with Crippen molar-refractivity contribution in [3.05, 3.63) is 41.7 Å². The summed E-state index contributed by atoms with van der Waals surface area (Å²) >= 11 is 0. The van der Waals surface area contributed by atoms with Gasteiger partial charge in [0.2, 0.25) is 0 Å². The van der Waals surface area contributed by atoms with Crippen LogP contribution in [0, 0.1) is 11.8 Å². The molecule has 1 fully saturated rings. The first-order valence-electron chi connectivity index (χ1n) is 10.7. The first kappa shape index (κ1) is 20.6. The van der Waals surface area contributed by atoms with Gasteiger partial charge in [0.15, 0.2) is 0 Å². The fourth-order valence-corrected chi connectivity index (χ4v) is 4.44. The summed E-state index contributed by atoms with van der Waals surface area (Å²) in [7, 11) is 0. The summed E-state index contributed by atoms with van der Waals surface area (Å²) in [6.45, 7) is 0. The number of carbonyl (C=O) groups is 1. The Balaban J connectivity index is 1.33. The maximum Gasteiger partial charge on any atom is 0.148 e. The molecule has 0 aliphatic heterocycles. The van der Waals surface area contributed by atoms with Gasteiger partial charge in [0, 0.05) is 18.8 Å². The fourth-order valence-electron chi connectivity index (χ4n) is 4.44. The molecule has 1 aromatic carbocycles. The predicted octanol–water partition coefficient (Wildman–Crippen LogP) is 3.67. The number of aliphatic hydroxyl groups excluding tert-OH is 1. The summed E-state index contributed by atoms with van der Waals surface area (Å²) in [6, 6.07) is 10.4. The van der Waals surface area contributed by atoms with Crippen LogP contribution in [0.25, 0.3) is 0 Å². The monoisotopic (exact) mass is 384 g/mol. The smallest absolute Gasteiger partial charge is 0.148 e. The van der Waals surface area contributed by atoms with Crippen molar-refractivity contribution in [2.45, 2.75) is 76.7 Å². The second-order valence-corrected chi connectivity index (χ2v) is 8.02. The third kappa shape index (κ3) is 6.23. The van der Waals surface area contributed by atoms with Gasteiger partial charge in [-0.25, -0.2) is 5.10 Å². The Labute approximate surface area is 167 Å². The molecule has 1 aromatic heterocycles. The van der Waals surface area contributed by atoms with Crippen molar-refractivity contribution >= 4 is 5.78 Å². The number of tetrazole rings is 1. The first-order chi connectivity index (χ1) is 13.7. The summed E-state index contributed by atoms with van der Waals surface area (Å²) in [5, 5.41) is 24.5. The van der Waals surface area contributed by atoms with Gasteiger partial charge < -0.3 is 5.11 Å². The minimum atomic E-state index is -0.348. The lowest BCUT2D eigenvalue weighted by atomic mass is 9.84. The van der Waals surface area contributed by atoms with Crippen molar-refractivity contribution < 1.29 is 9.90 Å². The van der Waals surface area contributed by atoms with Crippen LogP contribution in [0.4, 0.5) is 0 Å². The van der Waals surface area contributed by atoms with Crippen molar-refractivity contribution in [2.75, 3.05) is 0 Å². The number of Topliss-reactive ketones (excluding diaryl/α,β-unsaturated/α-hetero) is 1. The van der Waals surface area contributed by atoms with E-state index in [0.29, 0.717) is 12.2 Å². The Morgan fingerprint density at radius 2 is 1.89 bits per heavy atom. The number of aryl methyl sites for hydroxylation is 2. The number of ketones is 1. The molecule has 3 rings (SSSR count). The van der Waals surface area contributed by atoms with Gasteiger partial charge in [-0.3, -0.25) is 4.79 Å². The third-order valence-corrected chi connectivity index (χ3v) is 6.02. The van der Waals surface area contributed by atoms with Crippen LogP contribution in [0.1, 0.15) is 69.2 Å². The second-order valence-electron chi connectivity index (χ2n) is 8.02. The van der Waals surface area contributed by atoms with Gasteiger partial charge in [0.05, 0.1) is 6.10 Å². The van der Waals surface area contributed by atoms with Crippen LogP contribution in [-0.2, 0) is 17.6 Å². The van der Waals surface area contributed by atoms with E-state index in [-0.39, 0.29) is 17.9 Å². The minimum Gasteiger partial charge on any atom is -0.393 e. The first-order valence-corrected chi connectivity index (χ1v) is 10.7. The average molecular weight is 385 g/mol. The van der Waals surface area contributed by atoms with Crippen molar-refractivity contribution in [1.82, 2.24) is 20.6 Å². The van der Waals surface area contributed by atoms with E-state index in [1.807, 2.05) is 6.07 Å². The standard InChI is InChI=1S/C22H32N4O2/c27-20(13-8-11-17-9-4-3-5-10-17)19-15-16-21(28)18(19)12-6-1-2-7-14-22-23-25-26-24-22/h3-5,9-10,18-20,27H,1-2,6-8,11-16H2,(H,23,24,25,26)/t18-,19-,20?/m1/s1. The van der Waals surface area contributed by atoms with Gasteiger partial charge in [-0.15, -0.1) is 5.10 Å². The molecule has 6 nitrogen and oxygen atoms in total. The van der Waals surface area contributed by atoms with Crippen molar-refractivity contribution in [3.63, 3.8) is 0 Å². The number of carbonyl (C=O) groups excluding carboxylic acids is 1. The van der Waals surface area contributed by atoms with E-state index in [9.17, 15) is 9.90 Å². The molecule has 0 amide bonds. The van der Waals surface area contributed by atoms with E-state index in [1.165, 1.54) is 5.56 Å². The normalized spacial score (nSPS) is 20.5. The Bertz CT molecular complexity index is 690. The van der Waals surface area contributed by atoms with Gasteiger partial charge in [0.1, 0.15) is 11.6 Å². The molecule has 2 N–H and O–H groups in total. The molecule has 0 saturated heterocycles. The molecule has 28 heavy (non-hydrogen) atoms. The van der Waals surface area contributed by atoms with Gasteiger partial charge in [-0.1, -0.05) is 49.6 Å². The van der Waals surface area contributed by atoms with Gasteiger partial charge in [-0.05, 0) is 60.4 Å². The zero-order chi connectivity index (χ0) is 19.6. The summed E-state index contributed by atoms with van der Waals surface area (Å²) in [6.07, 6.45) is 10.0. The topological polar surface area (TPSA) is 91.8 Å². The molecular weight excluding hydrogens is 352 g/mol. The van der Waals surface area contributed by atoms with E-state index in [4.69, 9.17) is 0 Å². The highest BCUT2D eigenvalue weighted by atomic mass is 16.3. The number of hydrogen-bond donors (Lipinski definition) is 2. The van der Waals surface area contributed by atoms with Crippen LogP contribution in [-0.4, -0.2) is 37.6 Å². The van der Waals surface area contributed by atoms with E-state index in [0.717, 1.165) is 70.0 Å². The molecule has 1 saturated carbocycles. The van der Waals surface area contributed by atoms with E-state index in [2.05, 4.69) is 44.9 Å². The Kier molecular flexibility index (Phi) is 8.15. The molecule has 0 radical (unpaired) electrons. The van der Waals surface area contributed by atoms with E-state index < -0.39 is 0 Å². The number of nitrogens with zero attached hydrogens (tertiary/aromatic N) is 3. The summed E-state index contributed by atoms with van der Waals surface area (Å²) in [5.74, 6) is 1.42. The maximum atomic E-state index is 12.3. The van der Waals surface area contributed by atoms with Gasteiger partial charge in [-0.2, -0.15) is 0 Å². The van der Waals surface area contributed by atoms with Crippen molar-refractivity contribution in [2.24, 2.45) is 11.8 Å². The highest BCUT2D eigenvalue weighted by Gasteiger charge is 2.37. The lowest BCUT2D eigenvalue weighted by molar-refractivity contribution is -0.122. The molecule has 1 heterocycles. The average Bonchev–Trinajstić information content (AvgIpc) is 3.35. The highest BCUT2D eigenvalue weighted by Crippen LogP contribution is 2.36. The second kappa shape index (κ2) is 11.1. The number of aliphatic hydroxyl groups is 1. The van der Waals surface area contributed by atoms with E-state index in [1.54, 1.807) is 0 Å². The number of rotatable bonds is 12. The molecule has 2 aromatic rings. The zero-order valence-corrected chi connectivity index (χ0v) is 16.6. The van der Waals surface area contributed by atoms with Crippen molar-refractivity contribution in [1.29, 1.82) is 0 Å². The molecule has 1 unspecified atom stereocenters. The largest absolute Gasteiger partial charge is 0.393 e. The number of unbranched alkanes of at least 4 members (excludes halogenated alkanes) is 3. The Hall–Kier alpha value is -2.08. The number of aromatic amines is 1. The highest BCUT2D eigenvalue weighted by molar-refractivity contribution is 5.83. The summed E-state index contributed by atoms with van der Waals surface area (Å²) < 4.78 is 0. The summed E-state index contributed by atoms with van der Waals surface area (Å²) in [4.78, 5) is 12.3. The van der Waals surface area contributed by atoms with E-state index >= 15 is 0 Å². The quantitative estimate of drug-likeness (QED) is 0.545. The SMILES string of the molecule is O=C1CC[C@@H](C(O)CCCc2ccccc2)[C@H]1CCCCCCc1nnn[nH]1. The van der Waals surface area contributed by atoms with Gasteiger partial charge >= 0.3 is 0 Å². The van der Waals surface area contributed by atoms with Crippen LogP contribution in [0.3, 0.4) is 0 Å². The number of hydrogen-bond acceptors (Lipinski definition) is 5. The van der Waals surface area contributed by atoms with Crippen LogP contribution in [0.15, 0.2) is 30.3 Å². The molecule has 152 valence electrons. The number of benzene rings is 1. The van der Waals surface area contributed by atoms with Crippen LogP contribution in [0.2, 0.25) is 0 Å². The van der Waals surface area contributed by atoms with Crippen LogP contribution < -0.4 is 0 Å². The Morgan fingerprint density at radius 3 is 2.68 bits per heavy atom. The number of nitrogens with one attached hydrogen (secondary N) is 1. The molecule has 1 aliphatic rings. The lowest BCUT2D eigenvalue weighted by Crippen LogP contribution is -2.26. The Morgan fingerprint density at radius 1 is 1.07 bits per heavy atom. The molecular formula is C22H32N4O2. The van der Waals surface area contributed by atoms with Gasteiger partial charge in [0.25, 0.3) is 0 Å². The predicted molar refractivity (Wildman–Crippen MR) is 108 cm³/mol. The zero-order valence-electron chi connectivity index (χ0n) is 16.6. The van der Waals surface area contributed by atoms with Crippen LogP contribution >= 0.6 is 0 Å².